The predicted octanol–water partition coefficient (Wildman–Crippen LogP) is 2.87. The maximum absolute atomic E-state index is 12.0. The van der Waals surface area contributed by atoms with Crippen molar-refractivity contribution in [2.24, 2.45) is 0 Å². The van der Waals surface area contributed by atoms with Crippen molar-refractivity contribution in [3.05, 3.63) is 63.1 Å². The van der Waals surface area contributed by atoms with Crippen molar-refractivity contribution < 1.29 is 0 Å². The van der Waals surface area contributed by atoms with Crippen molar-refractivity contribution in [2.75, 3.05) is 6.54 Å². The van der Waals surface area contributed by atoms with Crippen molar-refractivity contribution in [1.82, 2.24) is 9.88 Å². The zero-order valence-corrected chi connectivity index (χ0v) is 12.7. The molecule has 0 fully saturated rings. The Labute approximate surface area is 120 Å². The average Bonchev–Trinajstić information content (AvgIpc) is 2.41. The first kappa shape index (κ1) is 14.5. The van der Waals surface area contributed by atoms with Gasteiger partial charge in [-0.3, -0.25) is 4.79 Å². The Bertz CT molecular complexity index is 671. The smallest absolute Gasteiger partial charge is 0.186 e. The Morgan fingerprint density at radius 1 is 1.20 bits per heavy atom. The lowest BCUT2D eigenvalue weighted by Crippen LogP contribution is -2.21. The van der Waals surface area contributed by atoms with Gasteiger partial charge in [0.25, 0.3) is 0 Å². The van der Waals surface area contributed by atoms with Crippen molar-refractivity contribution in [2.45, 2.75) is 34.2 Å². The van der Waals surface area contributed by atoms with Gasteiger partial charge >= 0.3 is 0 Å². The molecule has 1 aromatic heterocycles. The number of nitrogens with one attached hydrogen (secondary N) is 1. The van der Waals surface area contributed by atoms with E-state index in [1.807, 2.05) is 20.0 Å². The maximum atomic E-state index is 12.0. The van der Waals surface area contributed by atoms with Crippen LogP contribution in [-0.4, -0.2) is 11.1 Å². The zero-order chi connectivity index (χ0) is 14.7. The highest BCUT2D eigenvalue weighted by Crippen LogP contribution is 2.19. The van der Waals surface area contributed by atoms with Crippen molar-refractivity contribution in [3.8, 4) is 5.69 Å². The molecule has 0 atom stereocenters. The van der Waals surface area contributed by atoms with Crippen LogP contribution in [0.5, 0.6) is 0 Å². The molecule has 1 aromatic carbocycles. The molecule has 1 N–H and O–H groups in total. The first-order valence-electron chi connectivity index (χ1n) is 7.04. The highest BCUT2D eigenvalue weighted by Gasteiger charge is 2.08. The Balaban J connectivity index is 2.56. The van der Waals surface area contributed by atoms with Gasteiger partial charge in [0.1, 0.15) is 0 Å². The quantitative estimate of drug-likeness (QED) is 0.927. The second kappa shape index (κ2) is 6.06. The third-order valence-electron chi connectivity index (χ3n) is 3.72. The van der Waals surface area contributed by atoms with Crippen LogP contribution in [0.2, 0.25) is 0 Å². The minimum absolute atomic E-state index is 0.102. The van der Waals surface area contributed by atoms with E-state index in [0.717, 1.165) is 23.5 Å². The molecule has 0 saturated heterocycles. The summed E-state index contributed by atoms with van der Waals surface area (Å²) in [5.74, 6) is 0. The number of benzene rings is 1. The van der Waals surface area contributed by atoms with Crippen LogP contribution >= 0.6 is 0 Å². The highest BCUT2D eigenvalue weighted by molar-refractivity contribution is 5.46. The van der Waals surface area contributed by atoms with Crippen molar-refractivity contribution in [1.29, 1.82) is 0 Å². The number of aromatic nitrogens is 1. The standard InChI is InChI=1S/C17H22N2O/c1-5-18-10-15-11-19(13(3)9-17(15)20)16-8-6-7-12(2)14(16)4/h6-9,11,18H,5,10H2,1-4H3. The molecule has 3 heteroatoms. The molecule has 2 aromatic rings. The van der Waals surface area contributed by atoms with E-state index in [1.54, 1.807) is 6.07 Å². The molecule has 0 amide bonds. The van der Waals surface area contributed by atoms with E-state index in [1.165, 1.54) is 11.1 Å². The minimum Gasteiger partial charge on any atom is -0.320 e. The normalized spacial score (nSPS) is 10.8. The summed E-state index contributed by atoms with van der Waals surface area (Å²) in [4.78, 5) is 12.0. The Kier molecular flexibility index (Phi) is 4.40. The SMILES string of the molecule is CCNCc1cn(-c2cccc(C)c2C)c(C)cc1=O. The van der Waals surface area contributed by atoms with Crippen LogP contribution in [0.3, 0.4) is 0 Å². The van der Waals surface area contributed by atoms with Gasteiger partial charge in [-0.2, -0.15) is 0 Å². The molecule has 0 aliphatic carbocycles. The summed E-state index contributed by atoms with van der Waals surface area (Å²) in [7, 11) is 0. The fraction of sp³-hybridized carbons (Fsp3) is 0.353. The molecular formula is C17H22N2O. The number of rotatable bonds is 4. The zero-order valence-electron chi connectivity index (χ0n) is 12.7. The largest absolute Gasteiger partial charge is 0.320 e. The van der Waals surface area contributed by atoms with Crippen LogP contribution < -0.4 is 10.7 Å². The van der Waals surface area contributed by atoms with Crippen LogP contribution in [0.15, 0.2) is 35.3 Å². The third kappa shape index (κ3) is 2.83. The summed E-state index contributed by atoms with van der Waals surface area (Å²) >= 11 is 0. The summed E-state index contributed by atoms with van der Waals surface area (Å²) in [6.07, 6.45) is 1.96. The van der Waals surface area contributed by atoms with E-state index in [9.17, 15) is 4.79 Å². The van der Waals surface area contributed by atoms with E-state index in [4.69, 9.17) is 0 Å². The molecule has 1 heterocycles. The topological polar surface area (TPSA) is 34.0 Å². The molecule has 0 unspecified atom stereocenters. The number of hydrogen-bond donors (Lipinski definition) is 1. The fourth-order valence-corrected chi connectivity index (χ4v) is 2.32. The monoisotopic (exact) mass is 270 g/mol. The first-order valence-corrected chi connectivity index (χ1v) is 7.04. The lowest BCUT2D eigenvalue weighted by molar-refractivity contribution is 0.715. The van der Waals surface area contributed by atoms with Gasteiger partial charge < -0.3 is 9.88 Å². The summed E-state index contributed by atoms with van der Waals surface area (Å²) in [6.45, 7) is 9.71. The van der Waals surface area contributed by atoms with Gasteiger partial charge in [-0.05, 0) is 44.5 Å². The summed E-state index contributed by atoms with van der Waals surface area (Å²) < 4.78 is 2.11. The second-order valence-corrected chi connectivity index (χ2v) is 5.17. The lowest BCUT2D eigenvalue weighted by Gasteiger charge is -2.16. The minimum atomic E-state index is 0.102. The Hall–Kier alpha value is -1.87. The molecule has 106 valence electrons. The third-order valence-corrected chi connectivity index (χ3v) is 3.72. The molecule has 0 spiro atoms. The van der Waals surface area contributed by atoms with Gasteiger partial charge in [-0.15, -0.1) is 0 Å². The van der Waals surface area contributed by atoms with E-state index in [0.29, 0.717) is 6.54 Å². The molecular weight excluding hydrogens is 248 g/mol. The number of hydrogen-bond acceptors (Lipinski definition) is 2. The lowest BCUT2D eigenvalue weighted by atomic mass is 10.1. The molecule has 0 saturated carbocycles. The second-order valence-electron chi connectivity index (χ2n) is 5.17. The average molecular weight is 270 g/mol. The van der Waals surface area contributed by atoms with Crippen LogP contribution in [0.1, 0.15) is 29.3 Å². The summed E-state index contributed by atoms with van der Waals surface area (Å²) in [5.41, 5.74) is 5.51. The van der Waals surface area contributed by atoms with Crippen molar-refractivity contribution >= 4 is 0 Å². The number of nitrogens with zero attached hydrogens (tertiary/aromatic N) is 1. The van der Waals surface area contributed by atoms with E-state index < -0.39 is 0 Å². The predicted molar refractivity (Wildman–Crippen MR) is 83.6 cm³/mol. The Morgan fingerprint density at radius 3 is 2.65 bits per heavy atom. The number of pyridine rings is 1. The molecule has 0 aliphatic heterocycles. The first-order chi connectivity index (χ1) is 9.54. The summed E-state index contributed by atoms with van der Waals surface area (Å²) in [5, 5.41) is 3.22. The van der Waals surface area contributed by atoms with Gasteiger partial charge in [0.05, 0.1) is 0 Å². The van der Waals surface area contributed by atoms with E-state index in [-0.39, 0.29) is 5.43 Å². The van der Waals surface area contributed by atoms with Gasteiger partial charge in [-0.25, -0.2) is 0 Å². The summed E-state index contributed by atoms with van der Waals surface area (Å²) in [6, 6.07) is 7.97. The van der Waals surface area contributed by atoms with Crippen molar-refractivity contribution in [3.63, 3.8) is 0 Å². The molecule has 0 radical (unpaired) electrons. The molecule has 0 bridgehead atoms. The fourth-order valence-electron chi connectivity index (χ4n) is 2.32. The highest BCUT2D eigenvalue weighted by atomic mass is 16.1. The molecule has 2 rings (SSSR count). The van der Waals surface area contributed by atoms with Gasteiger partial charge in [-0.1, -0.05) is 19.1 Å². The number of aryl methyl sites for hydroxylation is 2. The molecule has 3 nitrogen and oxygen atoms in total. The maximum Gasteiger partial charge on any atom is 0.186 e. The van der Waals surface area contributed by atoms with Crippen LogP contribution in [0, 0.1) is 20.8 Å². The van der Waals surface area contributed by atoms with Crippen LogP contribution in [0.25, 0.3) is 5.69 Å². The van der Waals surface area contributed by atoms with Gasteiger partial charge in [0.15, 0.2) is 5.43 Å². The van der Waals surface area contributed by atoms with Crippen LogP contribution in [0.4, 0.5) is 0 Å². The molecule has 20 heavy (non-hydrogen) atoms. The van der Waals surface area contributed by atoms with Crippen LogP contribution in [-0.2, 0) is 6.54 Å². The van der Waals surface area contributed by atoms with Gasteiger partial charge in [0.2, 0.25) is 0 Å². The molecule has 0 aliphatic rings. The Morgan fingerprint density at radius 2 is 1.95 bits per heavy atom. The van der Waals surface area contributed by atoms with E-state index >= 15 is 0 Å². The van der Waals surface area contributed by atoms with Gasteiger partial charge in [0, 0.05) is 35.8 Å². The van der Waals surface area contributed by atoms with E-state index in [2.05, 4.69) is 41.9 Å².